The number of hydrogen-bond donors (Lipinski definition) is 1. The first-order chi connectivity index (χ1) is 10.9. The van der Waals surface area contributed by atoms with Crippen molar-refractivity contribution in [2.75, 3.05) is 6.54 Å². The molecule has 1 atom stereocenters. The van der Waals surface area contributed by atoms with Crippen LogP contribution in [0.15, 0.2) is 35.7 Å². The molecule has 23 heavy (non-hydrogen) atoms. The number of alkyl halides is 3. The van der Waals surface area contributed by atoms with Crippen LogP contribution >= 0.6 is 11.3 Å². The van der Waals surface area contributed by atoms with Gasteiger partial charge in [0.1, 0.15) is 0 Å². The highest BCUT2D eigenvalue weighted by Crippen LogP contribution is 2.37. The van der Waals surface area contributed by atoms with Gasteiger partial charge in [-0.25, -0.2) is 4.98 Å². The van der Waals surface area contributed by atoms with Crippen LogP contribution in [0.2, 0.25) is 0 Å². The Morgan fingerprint density at radius 1 is 1.30 bits per heavy atom. The summed E-state index contributed by atoms with van der Waals surface area (Å²) < 4.78 is 39.5. The Kier molecular flexibility index (Phi) is 5.76. The van der Waals surface area contributed by atoms with Gasteiger partial charge in [0.05, 0.1) is 16.6 Å². The monoisotopic (exact) mass is 342 g/mol. The van der Waals surface area contributed by atoms with Crippen LogP contribution in [0.4, 0.5) is 13.2 Å². The number of aromatic nitrogens is 1. The van der Waals surface area contributed by atoms with Gasteiger partial charge in [-0.05, 0) is 12.5 Å². The van der Waals surface area contributed by atoms with Crippen LogP contribution in [0.25, 0.3) is 0 Å². The van der Waals surface area contributed by atoms with Gasteiger partial charge in [-0.15, -0.1) is 11.3 Å². The van der Waals surface area contributed by atoms with Crippen LogP contribution in [-0.2, 0) is 11.2 Å². The van der Waals surface area contributed by atoms with Crippen LogP contribution < -0.4 is 5.32 Å². The zero-order valence-electron chi connectivity index (χ0n) is 12.6. The van der Waals surface area contributed by atoms with Crippen LogP contribution in [0.1, 0.15) is 28.6 Å². The van der Waals surface area contributed by atoms with Gasteiger partial charge in [0.25, 0.3) is 0 Å². The summed E-state index contributed by atoms with van der Waals surface area (Å²) in [6.07, 6.45) is -4.55. The molecular formula is C16H17F3N2OS. The van der Waals surface area contributed by atoms with E-state index in [0.29, 0.717) is 6.42 Å². The van der Waals surface area contributed by atoms with Crippen molar-refractivity contribution in [3.63, 3.8) is 0 Å². The highest BCUT2D eigenvalue weighted by molar-refractivity contribution is 7.09. The molecule has 0 saturated carbocycles. The van der Waals surface area contributed by atoms with Gasteiger partial charge < -0.3 is 5.32 Å². The minimum atomic E-state index is -4.45. The molecule has 1 N–H and O–H groups in total. The average Bonchev–Trinajstić information content (AvgIpc) is 2.90. The molecule has 0 bridgehead atoms. The maximum atomic E-state index is 13.2. The second-order valence-electron chi connectivity index (χ2n) is 5.17. The molecule has 0 aliphatic heterocycles. The zero-order valence-corrected chi connectivity index (χ0v) is 13.4. The van der Waals surface area contributed by atoms with Crippen LogP contribution in [0.5, 0.6) is 0 Å². The highest BCUT2D eigenvalue weighted by atomic mass is 32.1. The summed E-state index contributed by atoms with van der Waals surface area (Å²) in [5.41, 5.74) is 0.938. The van der Waals surface area contributed by atoms with Crippen molar-refractivity contribution >= 4 is 17.2 Å². The van der Waals surface area contributed by atoms with Gasteiger partial charge in [-0.2, -0.15) is 13.2 Å². The van der Waals surface area contributed by atoms with Crippen molar-refractivity contribution in [1.29, 1.82) is 0 Å². The normalized spacial score (nSPS) is 12.9. The Morgan fingerprint density at radius 2 is 2.00 bits per heavy atom. The number of hydrogen-bond acceptors (Lipinski definition) is 3. The molecule has 0 spiro atoms. The van der Waals surface area contributed by atoms with Crippen molar-refractivity contribution in [2.45, 2.75) is 31.9 Å². The SMILES string of the molecule is Cc1nc(CCNC(=O)C[C@H](c2ccccc2)C(F)(F)F)cs1. The third-order valence-corrected chi connectivity index (χ3v) is 4.18. The molecule has 1 heterocycles. The minimum absolute atomic E-state index is 0.102. The molecule has 3 nitrogen and oxygen atoms in total. The number of aryl methyl sites for hydroxylation is 1. The zero-order chi connectivity index (χ0) is 16.9. The molecule has 1 aromatic heterocycles. The standard InChI is InChI=1S/C16H17F3N2OS/c1-11-21-13(10-23-11)7-8-20-15(22)9-14(16(17,18)19)12-5-3-2-4-6-12/h2-6,10,14H,7-9H2,1H3,(H,20,22)/t14-/m1/s1. The first kappa shape index (κ1) is 17.5. The molecular weight excluding hydrogens is 325 g/mol. The number of benzene rings is 1. The Hall–Kier alpha value is -1.89. The van der Waals surface area contributed by atoms with E-state index in [0.717, 1.165) is 10.7 Å². The lowest BCUT2D eigenvalue weighted by atomic mass is 9.95. The third-order valence-electron chi connectivity index (χ3n) is 3.36. The Balaban J connectivity index is 1.90. The summed E-state index contributed by atoms with van der Waals surface area (Å²) >= 11 is 1.50. The van der Waals surface area contributed by atoms with Gasteiger partial charge in [-0.1, -0.05) is 30.3 Å². The quantitative estimate of drug-likeness (QED) is 0.866. The summed E-state index contributed by atoms with van der Waals surface area (Å²) in [5.74, 6) is -2.40. The number of carbonyl (C=O) groups is 1. The first-order valence-corrected chi connectivity index (χ1v) is 8.03. The largest absolute Gasteiger partial charge is 0.396 e. The third kappa shape index (κ3) is 5.35. The summed E-state index contributed by atoms with van der Waals surface area (Å²) in [6, 6.07) is 7.51. The Bertz CT molecular complexity index is 640. The molecule has 1 aromatic carbocycles. The number of rotatable bonds is 6. The maximum Gasteiger partial charge on any atom is 0.396 e. The van der Waals surface area contributed by atoms with Gasteiger partial charge in [0.15, 0.2) is 0 Å². The number of nitrogens with one attached hydrogen (secondary N) is 1. The van der Waals surface area contributed by atoms with Gasteiger partial charge in [0.2, 0.25) is 5.91 Å². The predicted molar refractivity (Wildman–Crippen MR) is 83.4 cm³/mol. The van der Waals surface area contributed by atoms with E-state index < -0.39 is 24.4 Å². The minimum Gasteiger partial charge on any atom is -0.356 e. The molecule has 0 aliphatic carbocycles. The number of amides is 1. The highest BCUT2D eigenvalue weighted by Gasteiger charge is 2.41. The summed E-state index contributed by atoms with van der Waals surface area (Å²) in [7, 11) is 0. The lowest BCUT2D eigenvalue weighted by Crippen LogP contribution is -2.31. The fraction of sp³-hybridized carbons (Fsp3) is 0.375. The fourth-order valence-electron chi connectivity index (χ4n) is 2.22. The maximum absolute atomic E-state index is 13.2. The van der Waals surface area contributed by atoms with Gasteiger partial charge in [0, 0.05) is 24.8 Å². The molecule has 124 valence electrons. The van der Waals surface area contributed by atoms with E-state index in [4.69, 9.17) is 0 Å². The van der Waals surface area contributed by atoms with E-state index in [-0.39, 0.29) is 12.1 Å². The number of halogens is 3. The van der Waals surface area contributed by atoms with Crippen LogP contribution in [0.3, 0.4) is 0 Å². The van der Waals surface area contributed by atoms with Crippen LogP contribution in [-0.4, -0.2) is 23.6 Å². The van der Waals surface area contributed by atoms with E-state index in [9.17, 15) is 18.0 Å². The molecule has 0 unspecified atom stereocenters. The topological polar surface area (TPSA) is 42.0 Å². The molecule has 0 saturated heterocycles. The molecule has 0 fully saturated rings. The van der Waals surface area contributed by atoms with Gasteiger partial charge >= 0.3 is 6.18 Å². The molecule has 7 heteroatoms. The summed E-state index contributed by atoms with van der Waals surface area (Å²) in [5, 5.41) is 5.34. The predicted octanol–water partition coefficient (Wildman–Crippen LogP) is 3.85. The van der Waals surface area contributed by atoms with Crippen molar-refractivity contribution < 1.29 is 18.0 Å². The van der Waals surface area contributed by atoms with Crippen molar-refractivity contribution in [2.24, 2.45) is 0 Å². The second-order valence-corrected chi connectivity index (χ2v) is 6.23. The van der Waals surface area contributed by atoms with Crippen molar-refractivity contribution in [3.8, 4) is 0 Å². The molecule has 0 radical (unpaired) electrons. The molecule has 1 amide bonds. The second kappa shape index (κ2) is 7.59. The molecule has 2 aromatic rings. The smallest absolute Gasteiger partial charge is 0.356 e. The summed E-state index contributed by atoms with van der Waals surface area (Å²) in [6.45, 7) is 2.15. The average molecular weight is 342 g/mol. The Labute approximate surface area is 136 Å². The van der Waals surface area contributed by atoms with E-state index >= 15 is 0 Å². The number of thiazole rings is 1. The van der Waals surface area contributed by atoms with Crippen LogP contribution in [0, 0.1) is 6.92 Å². The fourth-order valence-corrected chi connectivity index (χ4v) is 2.87. The summed E-state index contributed by atoms with van der Waals surface area (Å²) in [4.78, 5) is 16.1. The molecule has 2 rings (SSSR count). The van der Waals surface area contributed by atoms with E-state index in [1.807, 2.05) is 12.3 Å². The Morgan fingerprint density at radius 3 is 2.57 bits per heavy atom. The van der Waals surface area contributed by atoms with Crippen molar-refractivity contribution in [1.82, 2.24) is 10.3 Å². The molecule has 0 aliphatic rings. The first-order valence-electron chi connectivity index (χ1n) is 7.15. The van der Waals surface area contributed by atoms with Gasteiger partial charge in [-0.3, -0.25) is 4.79 Å². The lowest BCUT2D eigenvalue weighted by Gasteiger charge is -2.20. The van der Waals surface area contributed by atoms with E-state index in [1.165, 1.54) is 35.6 Å². The van der Waals surface area contributed by atoms with E-state index in [1.54, 1.807) is 6.07 Å². The number of nitrogens with zero attached hydrogens (tertiary/aromatic N) is 1. The number of carbonyl (C=O) groups excluding carboxylic acids is 1. The van der Waals surface area contributed by atoms with E-state index in [2.05, 4.69) is 10.3 Å². The lowest BCUT2D eigenvalue weighted by molar-refractivity contribution is -0.157. The van der Waals surface area contributed by atoms with Crippen molar-refractivity contribution in [3.05, 3.63) is 52.0 Å².